The standard InChI is InChI=1S/C33H37NO4/c35-31(26-36-23-28-15-7-2-8-16-28)33(38-25-30-19-11-4-12-20-30)32(37-24-29-17-9-3-10-18-29)22-34-21-27-13-5-1-6-14-27/h1-20,31-35H,21-26H2/t31-,32-,33-/m1/s1. The molecular formula is C33H37NO4. The van der Waals surface area contributed by atoms with Crippen molar-refractivity contribution in [2.75, 3.05) is 13.2 Å². The summed E-state index contributed by atoms with van der Waals surface area (Å²) in [4.78, 5) is 0. The van der Waals surface area contributed by atoms with Gasteiger partial charge in [-0.15, -0.1) is 0 Å². The molecule has 0 saturated heterocycles. The molecule has 0 spiro atoms. The summed E-state index contributed by atoms with van der Waals surface area (Å²) in [5, 5.41) is 14.8. The SMILES string of the molecule is O[C@H](COCc1ccccc1)[C@@H](OCc1ccccc1)[C@@H](CNCc1ccccc1)OCc1ccccc1. The van der Waals surface area contributed by atoms with Crippen LogP contribution in [0.25, 0.3) is 0 Å². The lowest BCUT2D eigenvalue weighted by atomic mass is 10.1. The van der Waals surface area contributed by atoms with Crippen LogP contribution in [0.5, 0.6) is 0 Å². The molecule has 0 fully saturated rings. The number of rotatable bonds is 16. The second-order valence-electron chi connectivity index (χ2n) is 9.28. The van der Waals surface area contributed by atoms with Crippen LogP contribution in [-0.2, 0) is 40.6 Å². The highest BCUT2D eigenvalue weighted by molar-refractivity contribution is 5.16. The van der Waals surface area contributed by atoms with E-state index < -0.39 is 18.3 Å². The summed E-state index contributed by atoms with van der Waals surface area (Å²) in [6.07, 6.45) is -1.88. The van der Waals surface area contributed by atoms with Gasteiger partial charge < -0.3 is 24.6 Å². The van der Waals surface area contributed by atoms with E-state index in [2.05, 4.69) is 17.4 Å². The van der Waals surface area contributed by atoms with Crippen molar-refractivity contribution < 1.29 is 19.3 Å². The minimum Gasteiger partial charge on any atom is -0.388 e. The van der Waals surface area contributed by atoms with Gasteiger partial charge in [-0.05, 0) is 22.3 Å². The molecule has 0 saturated carbocycles. The Hall–Kier alpha value is -3.32. The lowest BCUT2D eigenvalue weighted by Gasteiger charge is -2.31. The van der Waals surface area contributed by atoms with Crippen LogP contribution in [0, 0.1) is 0 Å². The van der Waals surface area contributed by atoms with Crippen molar-refractivity contribution in [3.05, 3.63) is 144 Å². The third-order valence-corrected chi connectivity index (χ3v) is 6.26. The Balaban J connectivity index is 1.45. The Morgan fingerprint density at radius 3 is 1.53 bits per heavy atom. The summed E-state index contributed by atoms with van der Waals surface area (Å²) in [6.45, 7) is 2.55. The molecule has 4 aromatic rings. The second-order valence-corrected chi connectivity index (χ2v) is 9.28. The highest BCUT2D eigenvalue weighted by Crippen LogP contribution is 2.16. The van der Waals surface area contributed by atoms with Gasteiger partial charge in [-0.25, -0.2) is 0 Å². The van der Waals surface area contributed by atoms with Crippen LogP contribution < -0.4 is 5.32 Å². The minimum absolute atomic E-state index is 0.137. The Morgan fingerprint density at radius 1 is 0.553 bits per heavy atom. The van der Waals surface area contributed by atoms with Crippen LogP contribution in [0.4, 0.5) is 0 Å². The third-order valence-electron chi connectivity index (χ3n) is 6.26. The normalized spacial score (nSPS) is 13.6. The molecular weight excluding hydrogens is 474 g/mol. The zero-order valence-electron chi connectivity index (χ0n) is 21.7. The number of hydrogen-bond donors (Lipinski definition) is 2. The predicted molar refractivity (Wildman–Crippen MR) is 150 cm³/mol. The van der Waals surface area contributed by atoms with Gasteiger partial charge in [0.2, 0.25) is 0 Å². The molecule has 5 nitrogen and oxygen atoms in total. The number of aliphatic hydroxyl groups is 1. The summed E-state index contributed by atoms with van der Waals surface area (Å²) >= 11 is 0. The Morgan fingerprint density at radius 2 is 1.00 bits per heavy atom. The highest BCUT2D eigenvalue weighted by Gasteiger charge is 2.30. The summed E-state index contributed by atoms with van der Waals surface area (Å²) in [5.41, 5.74) is 4.34. The topological polar surface area (TPSA) is 60.0 Å². The molecule has 5 heteroatoms. The first-order valence-corrected chi connectivity index (χ1v) is 13.1. The van der Waals surface area contributed by atoms with Gasteiger partial charge in [0.05, 0.1) is 32.5 Å². The summed E-state index contributed by atoms with van der Waals surface area (Å²) in [5.74, 6) is 0. The number of nitrogens with one attached hydrogen (secondary N) is 1. The highest BCUT2D eigenvalue weighted by atomic mass is 16.6. The number of hydrogen-bond acceptors (Lipinski definition) is 5. The molecule has 198 valence electrons. The van der Waals surface area contributed by atoms with Crippen molar-refractivity contribution in [1.29, 1.82) is 0 Å². The van der Waals surface area contributed by atoms with Gasteiger partial charge in [0.25, 0.3) is 0 Å². The van der Waals surface area contributed by atoms with Crippen LogP contribution in [0.1, 0.15) is 22.3 Å². The zero-order valence-corrected chi connectivity index (χ0v) is 21.7. The van der Waals surface area contributed by atoms with E-state index >= 15 is 0 Å². The van der Waals surface area contributed by atoms with Gasteiger partial charge in [-0.1, -0.05) is 121 Å². The first-order chi connectivity index (χ1) is 18.8. The number of benzene rings is 4. The van der Waals surface area contributed by atoms with Crippen molar-refractivity contribution in [3.8, 4) is 0 Å². The van der Waals surface area contributed by atoms with Crippen molar-refractivity contribution in [2.45, 2.75) is 44.7 Å². The van der Waals surface area contributed by atoms with Crippen LogP contribution in [0.15, 0.2) is 121 Å². The molecule has 2 N–H and O–H groups in total. The average molecular weight is 512 g/mol. The van der Waals surface area contributed by atoms with Gasteiger partial charge >= 0.3 is 0 Å². The lowest BCUT2D eigenvalue weighted by Crippen LogP contribution is -2.48. The fourth-order valence-electron chi connectivity index (χ4n) is 4.20. The minimum atomic E-state index is -0.873. The maximum atomic E-state index is 11.3. The average Bonchev–Trinajstić information content (AvgIpc) is 2.98. The van der Waals surface area contributed by atoms with E-state index in [0.717, 1.165) is 16.7 Å². The smallest absolute Gasteiger partial charge is 0.113 e. The summed E-state index contributed by atoms with van der Waals surface area (Å²) in [7, 11) is 0. The predicted octanol–water partition coefficient (Wildman–Crippen LogP) is 5.52. The third kappa shape index (κ3) is 9.53. The molecule has 3 atom stereocenters. The fraction of sp³-hybridized carbons (Fsp3) is 0.273. The molecule has 0 heterocycles. The molecule has 38 heavy (non-hydrogen) atoms. The summed E-state index contributed by atoms with van der Waals surface area (Å²) in [6, 6.07) is 40.2. The molecule has 0 aliphatic heterocycles. The van der Waals surface area contributed by atoms with E-state index in [-0.39, 0.29) is 6.61 Å². The molecule has 4 rings (SSSR count). The maximum Gasteiger partial charge on any atom is 0.113 e. The van der Waals surface area contributed by atoms with Gasteiger partial charge in [0, 0.05) is 13.1 Å². The van der Waals surface area contributed by atoms with E-state index in [0.29, 0.717) is 32.9 Å². The molecule has 4 aromatic carbocycles. The van der Waals surface area contributed by atoms with E-state index in [9.17, 15) is 5.11 Å². The van der Waals surface area contributed by atoms with Gasteiger partial charge in [-0.3, -0.25) is 0 Å². The molecule has 0 radical (unpaired) electrons. The Kier molecular flexibility index (Phi) is 11.5. The van der Waals surface area contributed by atoms with Crippen LogP contribution in [0.3, 0.4) is 0 Å². The largest absolute Gasteiger partial charge is 0.388 e. The molecule has 0 amide bonds. The van der Waals surface area contributed by atoms with Gasteiger partial charge in [-0.2, -0.15) is 0 Å². The molecule has 0 unspecified atom stereocenters. The molecule has 0 aromatic heterocycles. The van der Waals surface area contributed by atoms with Crippen molar-refractivity contribution >= 4 is 0 Å². The second kappa shape index (κ2) is 15.8. The van der Waals surface area contributed by atoms with Crippen molar-refractivity contribution in [3.63, 3.8) is 0 Å². The summed E-state index contributed by atoms with van der Waals surface area (Å²) < 4.78 is 18.6. The maximum absolute atomic E-state index is 11.3. The Bertz CT molecular complexity index is 1140. The van der Waals surface area contributed by atoms with E-state index in [4.69, 9.17) is 14.2 Å². The Labute approximate surface area is 226 Å². The number of aliphatic hydroxyl groups excluding tert-OH is 1. The van der Waals surface area contributed by atoms with E-state index in [1.54, 1.807) is 0 Å². The van der Waals surface area contributed by atoms with Crippen molar-refractivity contribution in [1.82, 2.24) is 5.32 Å². The van der Waals surface area contributed by atoms with Gasteiger partial charge in [0.15, 0.2) is 0 Å². The molecule has 0 aliphatic rings. The van der Waals surface area contributed by atoms with E-state index in [1.807, 2.05) is 109 Å². The first-order valence-electron chi connectivity index (χ1n) is 13.1. The van der Waals surface area contributed by atoms with E-state index in [1.165, 1.54) is 5.56 Å². The molecule has 0 aliphatic carbocycles. The molecule has 0 bridgehead atoms. The van der Waals surface area contributed by atoms with Crippen LogP contribution in [0.2, 0.25) is 0 Å². The lowest BCUT2D eigenvalue weighted by molar-refractivity contribution is -0.146. The number of ether oxygens (including phenoxy) is 3. The zero-order chi connectivity index (χ0) is 26.3. The van der Waals surface area contributed by atoms with Crippen LogP contribution in [-0.4, -0.2) is 36.6 Å². The van der Waals surface area contributed by atoms with Gasteiger partial charge in [0.1, 0.15) is 12.2 Å². The van der Waals surface area contributed by atoms with Crippen molar-refractivity contribution in [2.24, 2.45) is 0 Å². The monoisotopic (exact) mass is 511 g/mol. The fourth-order valence-corrected chi connectivity index (χ4v) is 4.20. The quantitative estimate of drug-likeness (QED) is 0.207. The van der Waals surface area contributed by atoms with Crippen LogP contribution >= 0.6 is 0 Å². The first kappa shape index (κ1) is 27.7.